The van der Waals surface area contributed by atoms with Gasteiger partial charge in [0.05, 0.1) is 12.3 Å². The van der Waals surface area contributed by atoms with Gasteiger partial charge in [0.2, 0.25) is 7.37 Å². The van der Waals surface area contributed by atoms with Crippen LogP contribution in [0.2, 0.25) is 0 Å². The van der Waals surface area contributed by atoms with E-state index >= 15 is 0 Å². The lowest BCUT2D eigenvalue weighted by molar-refractivity contribution is -0.149. The minimum absolute atomic E-state index is 0.0591. The second-order valence-electron chi connectivity index (χ2n) is 8.44. The third-order valence-electron chi connectivity index (χ3n) is 5.74. The average Bonchev–Trinajstić information content (AvgIpc) is 2.83. The van der Waals surface area contributed by atoms with Gasteiger partial charge in [0, 0.05) is 11.8 Å². The Morgan fingerprint density at radius 1 is 0.853 bits per heavy atom. The van der Waals surface area contributed by atoms with Crippen LogP contribution in [0.15, 0.2) is 84.9 Å². The number of benzene rings is 3. The van der Waals surface area contributed by atoms with Gasteiger partial charge < -0.3 is 14.7 Å². The fourth-order valence-corrected chi connectivity index (χ4v) is 5.42. The third kappa shape index (κ3) is 7.41. The molecule has 3 aromatic rings. The zero-order valence-electron chi connectivity index (χ0n) is 19.0. The number of carbonyl (C=O) groups is 2. The van der Waals surface area contributed by atoms with Crippen LogP contribution in [0.1, 0.15) is 24.5 Å². The van der Waals surface area contributed by atoms with Crippen LogP contribution in [0.4, 0.5) is 0 Å². The molecule has 0 aliphatic rings. The van der Waals surface area contributed by atoms with E-state index in [1.165, 1.54) is 6.92 Å². The average molecular weight is 480 g/mol. The topological polar surface area (TPSA) is 101 Å². The zero-order valence-corrected chi connectivity index (χ0v) is 19.9. The fraction of sp³-hybridized carbons (Fsp3) is 0.259. The van der Waals surface area contributed by atoms with Gasteiger partial charge in [-0.1, -0.05) is 91.9 Å². The maximum Gasteiger partial charge on any atom is 0.310 e. The molecule has 3 aromatic carbocycles. The van der Waals surface area contributed by atoms with Gasteiger partial charge in [-0.3, -0.25) is 14.2 Å². The van der Waals surface area contributed by atoms with Gasteiger partial charge in [-0.05, 0) is 28.7 Å². The van der Waals surface area contributed by atoms with Crippen molar-refractivity contribution in [1.82, 2.24) is 0 Å². The van der Waals surface area contributed by atoms with Crippen molar-refractivity contribution in [3.05, 3.63) is 96.1 Å². The minimum atomic E-state index is -3.92. The molecule has 0 radical (unpaired) electrons. The molecule has 3 atom stereocenters. The number of esters is 1. The molecule has 3 rings (SSSR count). The largest absolute Gasteiger partial charge is 0.481 e. The summed E-state index contributed by atoms with van der Waals surface area (Å²) in [5, 5.41) is 9.03. The van der Waals surface area contributed by atoms with E-state index in [1.54, 1.807) is 0 Å². The molecule has 7 heteroatoms. The highest BCUT2D eigenvalue weighted by atomic mass is 31.2. The van der Waals surface area contributed by atoms with E-state index in [9.17, 15) is 19.0 Å². The molecule has 178 valence electrons. The van der Waals surface area contributed by atoms with Crippen molar-refractivity contribution in [3.63, 3.8) is 0 Å². The number of carboxylic acids is 1. The van der Waals surface area contributed by atoms with E-state index < -0.39 is 37.3 Å². The molecule has 0 bridgehead atoms. The van der Waals surface area contributed by atoms with Gasteiger partial charge in [-0.25, -0.2) is 0 Å². The Bertz CT molecular complexity index is 1130. The van der Waals surface area contributed by atoms with E-state index in [0.717, 1.165) is 22.3 Å². The second-order valence-corrected chi connectivity index (χ2v) is 11.2. The fourth-order valence-electron chi connectivity index (χ4n) is 3.71. The van der Waals surface area contributed by atoms with Crippen molar-refractivity contribution in [2.45, 2.75) is 32.0 Å². The summed E-state index contributed by atoms with van der Waals surface area (Å²) in [5.74, 6) is -2.60. The first-order valence-corrected chi connectivity index (χ1v) is 13.0. The number of hydrogen-bond donors (Lipinski definition) is 2. The van der Waals surface area contributed by atoms with Gasteiger partial charge in [-0.2, -0.15) is 0 Å². The first kappa shape index (κ1) is 25.4. The van der Waals surface area contributed by atoms with Gasteiger partial charge in [0.1, 0.15) is 6.61 Å². The van der Waals surface area contributed by atoms with Crippen LogP contribution in [0, 0.1) is 5.92 Å². The third-order valence-corrected chi connectivity index (χ3v) is 8.27. The molecule has 6 nitrogen and oxygen atoms in total. The molecular weight excluding hydrogens is 451 g/mol. The zero-order chi connectivity index (χ0) is 24.6. The summed E-state index contributed by atoms with van der Waals surface area (Å²) in [6, 6.07) is 26.7. The highest BCUT2D eigenvalue weighted by Gasteiger charge is 2.35. The van der Waals surface area contributed by atoms with Crippen LogP contribution < -0.4 is 0 Å². The molecule has 0 aromatic heterocycles. The molecule has 0 fully saturated rings. The molecule has 0 aliphatic heterocycles. The number of rotatable bonds is 11. The SMILES string of the molecule is CC(CC(=O)O)P(=O)(O)CC(Cc1ccc(-c2ccccc2)cc1)C(=O)OCc1ccccc1. The summed E-state index contributed by atoms with van der Waals surface area (Å²) < 4.78 is 18.4. The van der Waals surface area contributed by atoms with Crippen molar-refractivity contribution in [1.29, 1.82) is 0 Å². The quantitative estimate of drug-likeness (QED) is 0.282. The molecule has 2 N–H and O–H groups in total. The summed E-state index contributed by atoms with van der Waals surface area (Å²) >= 11 is 0. The van der Waals surface area contributed by atoms with Crippen molar-refractivity contribution < 1.29 is 28.9 Å². The Labute approximate surface area is 199 Å². The Balaban J connectivity index is 1.76. The molecular formula is C27H29O6P. The Kier molecular flexibility index (Phi) is 8.80. The standard InChI is InChI=1S/C27H29O6P/c1-20(16-26(28)29)34(31,32)19-25(27(30)33-18-22-8-4-2-5-9-22)17-21-12-14-24(15-13-21)23-10-6-3-7-11-23/h2-15,20,25H,16-19H2,1H3,(H,28,29)(H,31,32). The summed E-state index contributed by atoms with van der Waals surface area (Å²) in [5.41, 5.74) is 2.76. The van der Waals surface area contributed by atoms with Crippen LogP contribution in [0.3, 0.4) is 0 Å². The highest BCUT2D eigenvalue weighted by molar-refractivity contribution is 7.58. The van der Waals surface area contributed by atoms with Crippen LogP contribution in [0.25, 0.3) is 11.1 Å². The van der Waals surface area contributed by atoms with Crippen molar-refractivity contribution in [2.75, 3.05) is 6.16 Å². The smallest absolute Gasteiger partial charge is 0.310 e. The lowest BCUT2D eigenvalue weighted by atomic mass is 9.98. The summed E-state index contributed by atoms with van der Waals surface area (Å²) in [7, 11) is -3.92. The number of carbonyl (C=O) groups excluding carboxylic acids is 1. The summed E-state index contributed by atoms with van der Waals surface area (Å²) in [4.78, 5) is 34.6. The van der Waals surface area contributed by atoms with Crippen molar-refractivity contribution >= 4 is 19.3 Å². The first-order chi connectivity index (χ1) is 16.2. The maximum absolute atomic E-state index is 13.0. The number of carboxylic acid groups (broad SMARTS) is 1. The Hall–Kier alpha value is -3.21. The monoisotopic (exact) mass is 480 g/mol. The Morgan fingerprint density at radius 2 is 1.41 bits per heavy atom. The Morgan fingerprint density at radius 3 is 2.00 bits per heavy atom. The van der Waals surface area contributed by atoms with Crippen molar-refractivity contribution in [3.8, 4) is 11.1 Å². The molecule has 0 saturated carbocycles. The van der Waals surface area contributed by atoms with Gasteiger partial charge in [-0.15, -0.1) is 0 Å². The van der Waals surface area contributed by atoms with Gasteiger partial charge in [0.15, 0.2) is 0 Å². The molecule has 0 aliphatic carbocycles. The predicted molar refractivity (Wildman–Crippen MR) is 132 cm³/mol. The molecule has 0 spiro atoms. The molecule has 34 heavy (non-hydrogen) atoms. The maximum atomic E-state index is 13.0. The summed E-state index contributed by atoms with van der Waals surface area (Å²) in [6.07, 6.45) is -0.562. The minimum Gasteiger partial charge on any atom is -0.481 e. The molecule has 0 amide bonds. The lowest BCUT2D eigenvalue weighted by Gasteiger charge is -2.23. The molecule has 0 saturated heterocycles. The van der Waals surface area contributed by atoms with Gasteiger partial charge in [0.25, 0.3) is 0 Å². The lowest BCUT2D eigenvalue weighted by Crippen LogP contribution is -2.26. The second kappa shape index (κ2) is 11.8. The number of aliphatic carboxylic acids is 1. The van der Waals surface area contributed by atoms with Crippen LogP contribution in [-0.2, 0) is 31.9 Å². The van der Waals surface area contributed by atoms with E-state index in [1.807, 2.05) is 84.9 Å². The van der Waals surface area contributed by atoms with E-state index in [-0.39, 0.29) is 19.2 Å². The van der Waals surface area contributed by atoms with E-state index in [2.05, 4.69) is 0 Å². The first-order valence-electron chi connectivity index (χ1n) is 11.1. The van der Waals surface area contributed by atoms with Crippen LogP contribution in [-0.4, -0.2) is 33.8 Å². The molecule has 0 heterocycles. The summed E-state index contributed by atoms with van der Waals surface area (Å²) in [6.45, 7) is 1.49. The number of ether oxygens (including phenoxy) is 1. The normalized spacial score (nSPS) is 14.5. The van der Waals surface area contributed by atoms with Gasteiger partial charge >= 0.3 is 11.9 Å². The van der Waals surface area contributed by atoms with Crippen LogP contribution >= 0.6 is 7.37 Å². The van der Waals surface area contributed by atoms with Crippen molar-refractivity contribution in [2.24, 2.45) is 5.92 Å². The highest BCUT2D eigenvalue weighted by Crippen LogP contribution is 2.49. The van der Waals surface area contributed by atoms with E-state index in [0.29, 0.717) is 0 Å². The number of hydrogen-bond acceptors (Lipinski definition) is 4. The predicted octanol–water partition coefficient (Wildman–Crippen LogP) is 5.39. The van der Waals surface area contributed by atoms with Crippen LogP contribution in [0.5, 0.6) is 0 Å². The van der Waals surface area contributed by atoms with E-state index in [4.69, 9.17) is 9.84 Å². The molecule has 3 unspecified atom stereocenters.